The molecule has 1 fully saturated rings. The van der Waals surface area contributed by atoms with E-state index in [2.05, 4.69) is 15.8 Å². The molecule has 0 saturated carbocycles. The Bertz CT molecular complexity index is 1050. The van der Waals surface area contributed by atoms with Gasteiger partial charge in [0.1, 0.15) is 11.8 Å². The van der Waals surface area contributed by atoms with Crippen LogP contribution in [-0.4, -0.2) is 67.8 Å². The number of carbonyl (C=O) groups is 3. The van der Waals surface area contributed by atoms with Gasteiger partial charge in [-0.3, -0.25) is 14.4 Å². The second kappa shape index (κ2) is 12.9. The largest absolute Gasteiger partial charge is 0.484 e. The van der Waals surface area contributed by atoms with E-state index < -0.39 is 11.9 Å². The normalized spacial score (nSPS) is 14.6. The Kier molecular flexibility index (Phi) is 9.63. The average molecular weight is 501 g/mol. The first-order chi connectivity index (χ1) is 16.8. The summed E-state index contributed by atoms with van der Waals surface area (Å²) >= 11 is 5.86. The van der Waals surface area contributed by atoms with Gasteiger partial charge in [0.15, 0.2) is 6.61 Å². The first-order valence-electron chi connectivity index (χ1n) is 11.3. The molecule has 10 heteroatoms. The molecule has 2 aromatic carbocycles. The van der Waals surface area contributed by atoms with E-state index in [1.807, 2.05) is 13.8 Å². The van der Waals surface area contributed by atoms with Gasteiger partial charge in [0, 0.05) is 23.7 Å². The van der Waals surface area contributed by atoms with Gasteiger partial charge in [0.2, 0.25) is 0 Å². The number of hydrogen-bond donors (Lipinski definition) is 2. The van der Waals surface area contributed by atoms with Crippen LogP contribution in [0, 0.1) is 5.92 Å². The highest BCUT2D eigenvalue weighted by Crippen LogP contribution is 2.13. The van der Waals surface area contributed by atoms with E-state index in [-0.39, 0.29) is 24.3 Å². The van der Waals surface area contributed by atoms with Crippen LogP contribution in [0.5, 0.6) is 5.75 Å². The molecule has 0 bridgehead atoms. The maximum Gasteiger partial charge on any atom is 0.262 e. The molecule has 3 amide bonds. The zero-order chi connectivity index (χ0) is 25.2. The molecule has 2 N–H and O–H groups in total. The Balaban J connectivity index is 1.53. The number of benzene rings is 2. The Morgan fingerprint density at radius 1 is 1.14 bits per heavy atom. The van der Waals surface area contributed by atoms with Gasteiger partial charge in [-0.25, -0.2) is 5.43 Å². The van der Waals surface area contributed by atoms with Gasteiger partial charge in [-0.2, -0.15) is 5.10 Å². The first kappa shape index (κ1) is 26.2. The number of halogens is 1. The van der Waals surface area contributed by atoms with Crippen molar-refractivity contribution in [1.82, 2.24) is 15.6 Å². The van der Waals surface area contributed by atoms with Crippen LogP contribution in [0.25, 0.3) is 0 Å². The number of ether oxygens (including phenoxy) is 2. The molecule has 1 unspecified atom stereocenters. The van der Waals surface area contributed by atoms with Crippen molar-refractivity contribution in [3.8, 4) is 5.75 Å². The summed E-state index contributed by atoms with van der Waals surface area (Å²) in [6, 6.07) is 12.6. The number of morpholine rings is 1. The molecule has 0 aliphatic carbocycles. The van der Waals surface area contributed by atoms with E-state index in [4.69, 9.17) is 21.1 Å². The fourth-order valence-corrected chi connectivity index (χ4v) is 3.46. The summed E-state index contributed by atoms with van der Waals surface area (Å²) in [5.41, 5.74) is 3.55. The molecular weight excluding hydrogens is 472 g/mol. The van der Waals surface area contributed by atoms with Gasteiger partial charge in [-0.05, 0) is 47.9 Å². The highest BCUT2D eigenvalue weighted by Gasteiger charge is 2.24. The number of hydrogen-bond acceptors (Lipinski definition) is 6. The van der Waals surface area contributed by atoms with E-state index in [0.29, 0.717) is 48.2 Å². The molecule has 186 valence electrons. The van der Waals surface area contributed by atoms with Crippen molar-refractivity contribution < 1.29 is 23.9 Å². The highest BCUT2D eigenvalue weighted by atomic mass is 35.5. The number of amides is 3. The lowest BCUT2D eigenvalue weighted by Gasteiger charge is -2.26. The van der Waals surface area contributed by atoms with Crippen molar-refractivity contribution in [1.29, 1.82) is 0 Å². The van der Waals surface area contributed by atoms with E-state index in [1.54, 1.807) is 53.4 Å². The molecule has 2 aromatic rings. The molecular formula is C25H29ClN4O5. The van der Waals surface area contributed by atoms with Gasteiger partial charge in [-0.1, -0.05) is 37.6 Å². The smallest absolute Gasteiger partial charge is 0.262 e. The Morgan fingerprint density at radius 2 is 1.86 bits per heavy atom. The van der Waals surface area contributed by atoms with Crippen molar-refractivity contribution >= 4 is 35.5 Å². The lowest BCUT2D eigenvalue weighted by atomic mass is 10.0. The van der Waals surface area contributed by atoms with Gasteiger partial charge in [-0.15, -0.1) is 0 Å². The Labute approximate surface area is 209 Å². The summed E-state index contributed by atoms with van der Waals surface area (Å²) in [5, 5.41) is 7.26. The minimum atomic E-state index is -0.781. The molecule has 0 aromatic heterocycles. The number of hydrazone groups is 1. The SMILES string of the molecule is CC(C)C(NC(=O)c1ccc(Cl)cc1)C(=O)NN=Cc1cccc(OCC(=O)N2CCOCC2)c1. The van der Waals surface area contributed by atoms with E-state index in [1.165, 1.54) is 6.21 Å². The molecule has 1 saturated heterocycles. The summed E-state index contributed by atoms with van der Waals surface area (Å²) in [5.74, 6) is -0.572. The third kappa shape index (κ3) is 8.08. The second-order valence-corrected chi connectivity index (χ2v) is 8.73. The zero-order valence-electron chi connectivity index (χ0n) is 19.7. The van der Waals surface area contributed by atoms with Gasteiger partial charge in [0.25, 0.3) is 17.7 Å². The van der Waals surface area contributed by atoms with Crippen LogP contribution in [0.2, 0.25) is 5.02 Å². The second-order valence-electron chi connectivity index (χ2n) is 8.29. The zero-order valence-corrected chi connectivity index (χ0v) is 20.5. The predicted octanol–water partition coefficient (Wildman–Crippen LogP) is 2.48. The molecule has 1 heterocycles. The number of nitrogens with zero attached hydrogens (tertiary/aromatic N) is 2. The molecule has 1 atom stereocenters. The highest BCUT2D eigenvalue weighted by molar-refractivity contribution is 6.30. The molecule has 1 aliphatic rings. The molecule has 0 radical (unpaired) electrons. The van der Waals surface area contributed by atoms with Crippen LogP contribution in [0.3, 0.4) is 0 Å². The minimum Gasteiger partial charge on any atom is -0.484 e. The quantitative estimate of drug-likeness (QED) is 0.406. The summed E-state index contributed by atoms with van der Waals surface area (Å²) in [4.78, 5) is 39.1. The third-order valence-corrected chi connectivity index (χ3v) is 5.57. The lowest BCUT2D eigenvalue weighted by molar-refractivity contribution is -0.137. The van der Waals surface area contributed by atoms with Crippen LogP contribution >= 0.6 is 11.6 Å². The monoisotopic (exact) mass is 500 g/mol. The maximum absolute atomic E-state index is 12.7. The van der Waals surface area contributed by atoms with Crippen molar-refractivity contribution in [3.05, 3.63) is 64.7 Å². The number of nitrogens with one attached hydrogen (secondary N) is 2. The maximum atomic E-state index is 12.7. The van der Waals surface area contributed by atoms with E-state index in [9.17, 15) is 14.4 Å². The van der Waals surface area contributed by atoms with Crippen LogP contribution in [0.1, 0.15) is 29.8 Å². The van der Waals surface area contributed by atoms with Crippen molar-refractivity contribution in [3.63, 3.8) is 0 Å². The van der Waals surface area contributed by atoms with Crippen molar-refractivity contribution in [2.75, 3.05) is 32.9 Å². The van der Waals surface area contributed by atoms with Crippen LogP contribution in [0.15, 0.2) is 53.6 Å². The molecule has 3 rings (SSSR count). The predicted molar refractivity (Wildman–Crippen MR) is 133 cm³/mol. The van der Waals surface area contributed by atoms with E-state index in [0.717, 1.165) is 0 Å². The summed E-state index contributed by atoms with van der Waals surface area (Å²) < 4.78 is 10.9. The fourth-order valence-electron chi connectivity index (χ4n) is 3.33. The lowest BCUT2D eigenvalue weighted by Crippen LogP contribution is -2.48. The van der Waals surface area contributed by atoms with Crippen LogP contribution in [0.4, 0.5) is 0 Å². The van der Waals surface area contributed by atoms with Crippen LogP contribution < -0.4 is 15.5 Å². The van der Waals surface area contributed by atoms with Crippen molar-refractivity contribution in [2.45, 2.75) is 19.9 Å². The minimum absolute atomic E-state index is 0.0687. The standard InChI is InChI=1S/C25H29ClN4O5/c1-17(2)23(28-24(32)19-6-8-20(26)9-7-19)25(33)29-27-15-18-4-3-5-21(14-18)35-16-22(31)30-10-12-34-13-11-30/h3-9,14-15,17,23H,10-13,16H2,1-2H3,(H,28,32)(H,29,33). The summed E-state index contributed by atoms with van der Waals surface area (Å²) in [7, 11) is 0. The molecule has 35 heavy (non-hydrogen) atoms. The molecule has 9 nitrogen and oxygen atoms in total. The first-order valence-corrected chi connectivity index (χ1v) is 11.7. The Hall–Kier alpha value is -3.43. The van der Waals surface area contributed by atoms with E-state index >= 15 is 0 Å². The van der Waals surface area contributed by atoms with Crippen molar-refractivity contribution in [2.24, 2.45) is 11.0 Å². The third-order valence-electron chi connectivity index (χ3n) is 5.31. The van der Waals surface area contributed by atoms with Gasteiger partial charge >= 0.3 is 0 Å². The van der Waals surface area contributed by atoms with Crippen LogP contribution in [-0.2, 0) is 14.3 Å². The molecule has 0 spiro atoms. The van der Waals surface area contributed by atoms with Gasteiger partial charge < -0.3 is 19.7 Å². The number of carbonyl (C=O) groups excluding carboxylic acids is 3. The average Bonchev–Trinajstić information content (AvgIpc) is 2.86. The summed E-state index contributed by atoms with van der Waals surface area (Å²) in [6.45, 7) is 5.78. The Morgan fingerprint density at radius 3 is 2.54 bits per heavy atom. The van der Waals surface area contributed by atoms with Gasteiger partial charge in [0.05, 0.1) is 19.4 Å². The fraction of sp³-hybridized carbons (Fsp3) is 0.360. The topological polar surface area (TPSA) is 109 Å². The molecule has 1 aliphatic heterocycles. The summed E-state index contributed by atoms with van der Waals surface area (Å²) in [6.07, 6.45) is 1.47. The number of rotatable bonds is 9.